The monoisotopic (exact) mass is 264 g/mol. The van der Waals surface area contributed by atoms with Gasteiger partial charge in [0.1, 0.15) is 0 Å². The molecule has 0 aromatic carbocycles. The molecule has 1 saturated carbocycles. The molecule has 2 rings (SSSR count). The molecule has 1 saturated heterocycles. The molecular formula is C16H28N2O. The van der Waals surface area contributed by atoms with E-state index in [0.29, 0.717) is 12.1 Å². The Balaban J connectivity index is 1.98. The van der Waals surface area contributed by atoms with Crippen LogP contribution in [0.15, 0.2) is 0 Å². The molecule has 108 valence electrons. The minimum Gasteiger partial charge on any atom is -0.381 e. The van der Waals surface area contributed by atoms with Gasteiger partial charge in [0.25, 0.3) is 0 Å². The van der Waals surface area contributed by atoms with Crippen molar-refractivity contribution < 1.29 is 4.74 Å². The zero-order chi connectivity index (χ0) is 13.7. The van der Waals surface area contributed by atoms with Gasteiger partial charge in [-0.05, 0) is 45.1 Å². The van der Waals surface area contributed by atoms with Crippen LogP contribution in [0.25, 0.3) is 0 Å². The van der Waals surface area contributed by atoms with Gasteiger partial charge >= 0.3 is 0 Å². The predicted molar refractivity (Wildman–Crippen MR) is 76.7 cm³/mol. The molecule has 1 aliphatic carbocycles. The van der Waals surface area contributed by atoms with E-state index in [2.05, 4.69) is 24.9 Å². The summed E-state index contributed by atoms with van der Waals surface area (Å²) in [7, 11) is 2.24. The summed E-state index contributed by atoms with van der Waals surface area (Å²) in [6, 6.07) is 3.65. The summed E-state index contributed by atoms with van der Waals surface area (Å²) in [5.41, 5.74) is 0. The number of nitrogens with zero attached hydrogens (tertiary/aromatic N) is 2. The lowest BCUT2D eigenvalue weighted by atomic mass is 9.76. The van der Waals surface area contributed by atoms with Crippen LogP contribution >= 0.6 is 0 Å². The number of hydrogen-bond donors (Lipinski definition) is 0. The first-order valence-corrected chi connectivity index (χ1v) is 7.95. The maximum atomic E-state index is 9.42. The molecule has 0 aromatic rings. The SMILES string of the molecule is CCCC1CCC(C#N)C(N(C)C2CCOCC2)C1. The van der Waals surface area contributed by atoms with Gasteiger partial charge in [0.2, 0.25) is 0 Å². The van der Waals surface area contributed by atoms with Gasteiger partial charge in [-0.15, -0.1) is 0 Å². The highest BCUT2D eigenvalue weighted by atomic mass is 16.5. The fourth-order valence-electron chi connectivity index (χ4n) is 3.87. The second-order valence-corrected chi connectivity index (χ2v) is 6.28. The van der Waals surface area contributed by atoms with Gasteiger partial charge in [0.05, 0.1) is 12.0 Å². The first-order valence-electron chi connectivity index (χ1n) is 7.95. The second kappa shape index (κ2) is 7.26. The van der Waals surface area contributed by atoms with Crippen LogP contribution in [-0.4, -0.2) is 37.2 Å². The normalized spacial score (nSPS) is 33.3. The lowest BCUT2D eigenvalue weighted by Gasteiger charge is -2.43. The Morgan fingerprint density at radius 3 is 2.58 bits per heavy atom. The largest absolute Gasteiger partial charge is 0.381 e. The van der Waals surface area contributed by atoms with Crippen molar-refractivity contribution in [2.75, 3.05) is 20.3 Å². The smallest absolute Gasteiger partial charge is 0.0672 e. The Morgan fingerprint density at radius 1 is 1.21 bits per heavy atom. The standard InChI is InChI=1S/C16H28N2O/c1-3-4-13-5-6-14(12-17)16(11-13)18(2)15-7-9-19-10-8-15/h13-16H,3-11H2,1-2H3. The first-order chi connectivity index (χ1) is 9.26. The van der Waals surface area contributed by atoms with Gasteiger partial charge in [0.15, 0.2) is 0 Å². The molecule has 3 unspecified atom stereocenters. The quantitative estimate of drug-likeness (QED) is 0.782. The third-order valence-corrected chi connectivity index (χ3v) is 5.08. The minimum atomic E-state index is 0.237. The average Bonchev–Trinajstić information content (AvgIpc) is 2.47. The molecule has 3 nitrogen and oxygen atoms in total. The van der Waals surface area contributed by atoms with Gasteiger partial charge in [-0.25, -0.2) is 0 Å². The minimum absolute atomic E-state index is 0.237. The Labute approximate surface area is 117 Å². The number of ether oxygens (including phenoxy) is 1. The van der Waals surface area contributed by atoms with Crippen molar-refractivity contribution in [3.63, 3.8) is 0 Å². The van der Waals surface area contributed by atoms with Crippen LogP contribution in [0.1, 0.15) is 51.9 Å². The van der Waals surface area contributed by atoms with Gasteiger partial charge < -0.3 is 4.74 Å². The third-order valence-electron chi connectivity index (χ3n) is 5.08. The van der Waals surface area contributed by atoms with Crippen molar-refractivity contribution in [2.45, 2.75) is 64.0 Å². The fraction of sp³-hybridized carbons (Fsp3) is 0.938. The van der Waals surface area contributed by atoms with Crippen LogP contribution in [-0.2, 0) is 4.74 Å². The number of nitriles is 1. The summed E-state index contributed by atoms with van der Waals surface area (Å²) in [5.74, 6) is 1.07. The van der Waals surface area contributed by atoms with Crippen LogP contribution in [0.3, 0.4) is 0 Å². The van der Waals surface area contributed by atoms with Crippen LogP contribution in [0.4, 0.5) is 0 Å². The Bertz CT molecular complexity index is 306. The summed E-state index contributed by atoms with van der Waals surface area (Å²) >= 11 is 0. The predicted octanol–water partition coefficient (Wildman–Crippen LogP) is 3.21. The Kier molecular flexibility index (Phi) is 5.66. The highest BCUT2D eigenvalue weighted by Crippen LogP contribution is 2.35. The van der Waals surface area contributed by atoms with Gasteiger partial charge in [-0.3, -0.25) is 4.90 Å². The maximum absolute atomic E-state index is 9.42. The average molecular weight is 264 g/mol. The van der Waals surface area contributed by atoms with Crippen molar-refractivity contribution in [3.05, 3.63) is 0 Å². The van der Waals surface area contributed by atoms with E-state index in [0.717, 1.165) is 38.4 Å². The lowest BCUT2D eigenvalue weighted by Crippen LogP contribution is -2.48. The lowest BCUT2D eigenvalue weighted by molar-refractivity contribution is 0.00802. The molecule has 0 bridgehead atoms. The molecule has 0 N–H and O–H groups in total. The number of hydrogen-bond acceptors (Lipinski definition) is 3. The topological polar surface area (TPSA) is 36.3 Å². The van der Waals surface area contributed by atoms with E-state index >= 15 is 0 Å². The molecular weight excluding hydrogens is 236 g/mol. The van der Waals surface area contributed by atoms with Gasteiger partial charge in [-0.2, -0.15) is 5.26 Å². The molecule has 0 aromatic heterocycles. The third kappa shape index (κ3) is 3.70. The summed E-state index contributed by atoms with van der Waals surface area (Å²) in [6.45, 7) is 4.04. The van der Waals surface area contributed by atoms with Gasteiger partial charge in [-0.1, -0.05) is 19.8 Å². The summed E-state index contributed by atoms with van der Waals surface area (Å²) in [4.78, 5) is 2.51. The van der Waals surface area contributed by atoms with E-state index < -0.39 is 0 Å². The molecule has 0 amide bonds. The zero-order valence-corrected chi connectivity index (χ0v) is 12.5. The van der Waals surface area contributed by atoms with Gasteiger partial charge in [0, 0.05) is 25.3 Å². The molecule has 2 fully saturated rings. The van der Waals surface area contributed by atoms with Crippen molar-refractivity contribution >= 4 is 0 Å². The van der Waals surface area contributed by atoms with E-state index in [1.807, 2.05) is 0 Å². The zero-order valence-electron chi connectivity index (χ0n) is 12.5. The Hall–Kier alpha value is -0.590. The molecule has 0 spiro atoms. The van der Waals surface area contributed by atoms with Crippen LogP contribution in [0, 0.1) is 23.2 Å². The van der Waals surface area contributed by atoms with Crippen LogP contribution in [0.2, 0.25) is 0 Å². The van der Waals surface area contributed by atoms with Crippen molar-refractivity contribution in [1.29, 1.82) is 5.26 Å². The number of rotatable bonds is 4. The van der Waals surface area contributed by atoms with E-state index in [-0.39, 0.29) is 5.92 Å². The maximum Gasteiger partial charge on any atom is 0.0672 e. The molecule has 1 heterocycles. The highest BCUT2D eigenvalue weighted by Gasteiger charge is 2.35. The van der Waals surface area contributed by atoms with Crippen molar-refractivity contribution in [3.8, 4) is 6.07 Å². The molecule has 0 radical (unpaired) electrons. The van der Waals surface area contributed by atoms with Crippen LogP contribution < -0.4 is 0 Å². The summed E-state index contributed by atoms with van der Waals surface area (Å²) in [5, 5.41) is 9.42. The molecule has 3 heteroatoms. The summed E-state index contributed by atoms with van der Waals surface area (Å²) < 4.78 is 5.46. The van der Waals surface area contributed by atoms with E-state index in [4.69, 9.17) is 4.74 Å². The Morgan fingerprint density at radius 2 is 1.95 bits per heavy atom. The van der Waals surface area contributed by atoms with Crippen LogP contribution in [0.5, 0.6) is 0 Å². The molecule has 1 aliphatic heterocycles. The summed E-state index contributed by atoms with van der Waals surface area (Å²) in [6.07, 6.45) is 8.43. The van der Waals surface area contributed by atoms with Crippen molar-refractivity contribution in [1.82, 2.24) is 4.90 Å². The molecule has 3 atom stereocenters. The highest BCUT2D eigenvalue weighted by molar-refractivity contribution is 4.98. The second-order valence-electron chi connectivity index (χ2n) is 6.28. The first kappa shape index (κ1) is 14.8. The van der Waals surface area contributed by atoms with E-state index in [1.165, 1.54) is 25.7 Å². The van der Waals surface area contributed by atoms with Crippen molar-refractivity contribution in [2.24, 2.45) is 11.8 Å². The molecule has 2 aliphatic rings. The fourth-order valence-corrected chi connectivity index (χ4v) is 3.87. The van der Waals surface area contributed by atoms with E-state index in [1.54, 1.807) is 0 Å². The molecule has 19 heavy (non-hydrogen) atoms. The van der Waals surface area contributed by atoms with E-state index in [9.17, 15) is 5.26 Å².